The molecule has 1 aliphatic heterocycles. The van der Waals surface area contributed by atoms with Crippen LogP contribution in [0.25, 0.3) is 0 Å². The average molecular weight is 539 g/mol. The van der Waals surface area contributed by atoms with Gasteiger partial charge in [0, 0.05) is 31.2 Å². The van der Waals surface area contributed by atoms with Crippen molar-refractivity contribution in [2.75, 3.05) is 33.9 Å². The minimum Gasteiger partial charge on any atom is -0.497 e. The first kappa shape index (κ1) is 25.3. The maximum Gasteiger partial charge on any atom is 0.191 e. The molecule has 0 amide bonds. The van der Waals surface area contributed by atoms with Crippen molar-refractivity contribution in [3.05, 3.63) is 59.7 Å². The molecule has 0 radical (unpaired) electrons. The molecule has 0 aliphatic carbocycles. The van der Waals surface area contributed by atoms with Gasteiger partial charge in [-0.3, -0.25) is 4.99 Å². The fourth-order valence-corrected chi connectivity index (χ4v) is 3.82. The van der Waals surface area contributed by atoms with Crippen molar-refractivity contribution in [2.45, 2.75) is 32.4 Å². The molecule has 1 heterocycles. The SMILES string of the molecule is CCNC(=NCC1CCOC1c1ccccc1)NC(C)c1cc(OC)ccc1OC.I. The molecule has 0 bridgehead atoms. The van der Waals surface area contributed by atoms with E-state index < -0.39 is 0 Å². The summed E-state index contributed by atoms with van der Waals surface area (Å²) < 4.78 is 16.9. The van der Waals surface area contributed by atoms with Crippen LogP contribution in [-0.4, -0.2) is 39.9 Å². The van der Waals surface area contributed by atoms with E-state index in [0.29, 0.717) is 12.5 Å². The standard InChI is InChI=1S/C24H33N3O3.HI/c1-5-25-24(27-17(2)21-15-20(28-3)11-12-22(21)29-4)26-16-19-13-14-30-23(19)18-9-7-6-8-10-18;/h6-12,15,17,19,23H,5,13-14,16H2,1-4H3,(H2,25,26,27);1H. The molecule has 1 aliphatic rings. The highest BCUT2D eigenvalue weighted by Gasteiger charge is 2.29. The van der Waals surface area contributed by atoms with Gasteiger partial charge in [-0.15, -0.1) is 24.0 Å². The molecular formula is C24H34IN3O3. The van der Waals surface area contributed by atoms with Gasteiger partial charge in [-0.1, -0.05) is 30.3 Å². The summed E-state index contributed by atoms with van der Waals surface area (Å²) in [5, 5.41) is 6.86. The molecule has 3 rings (SSSR count). The highest BCUT2D eigenvalue weighted by molar-refractivity contribution is 14.0. The van der Waals surface area contributed by atoms with E-state index in [0.717, 1.165) is 42.6 Å². The normalized spacial score (nSPS) is 19.3. The molecule has 31 heavy (non-hydrogen) atoms. The van der Waals surface area contributed by atoms with Gasteiger partial charge in [0.05, 0.1) is 26.4 Å². The highest BCUT2D eigenvalue weighted by atomic mass is 127. The van der Waals surface area contributed by atoms with Crippen LogP contribution in [0.3, 0.4) is 0 Å². The fraction of sp³-hybridized carbons (Fsp3) is 0.458. The van der Waals surface area contributed by atoms with E-state index in [-0.39, 0.29) is 36.1 Å². The predicted molar refractivity (Wildman–Crippen MR) is 136 cm³/mol. The second-order valence-electron chi connectivity index (χ2n) is 7.44. The number of methoxy groups -OCH3 is 2. The van der Waals surface area contributed by atoms with Crippen LogP contribution in [0.1, 0.15) is 43.5 Å². The molecule has 2 aromatic carbocycles. The summed E-state index contributed by atoms with van der Waals surface area (Å²) in [5.74, 6) is 2.77. The number of hydrogen-bond donors (Lipinski definition) is 2. The van der Waals surface area contributed by atoms with Crippen LogP contribution >= 0.6 is 24.0 Å². The first-order valence-corrected chi connectivity index (χ1v) is 10.6. The topological polar surface area (TPSA) is 64.1 Å². The summed E-state index contributed by atoms with van der Waals surface area (Å²) in [7, 11) is 3.35. The summed E-state index contributed by atoms with van der Waals surface area (Å²) >= 11 is 0. The van der Waals surface area contributed by atoms with Crippen molar-refractivity contribution in [3.8, 4) is 11.5 Å². The van der Waals surface area contributed by atoms with Crippen molar-refractivity contribution < 1.29 is 14.2 Å². The van der Waals surface area contributed by atoms with Crippen LogP contribution in [0, 0.1) is 5.92 Å². The van der Waals surface area contributed by atoms with Crippen molar-refractivity contribution in [1.82, 2.24) is 10.6 Å². The Balaban J connectivity index is 0.00000341. The Bertz CT molecular complexity index is 832. The summed E-state index contributed by atoms with van der Waals surface area (Å²) in [6.07, 6.45) is 1.12. The Morgan fingerprint density at radius 3 is 2.61 bits per heavy atom. The summed E-state index contributed by atoms with van der Waals surface area (Å²) in [5.41, 5.74) is 2.25. The van der Waals surface area contributed by atoms with Crippen molar-refractivity contribution in [3.63, 3.8) is 0 Å². The van der Waals surface area contributed by atoms with E-state index in [1.54, 1.807) is 14.2 Å². The van der Waals surface area contributed by atoms with Crippen LogP contribution in [0.5, 0.6) is 11.5 Å². The fourth-order valence-electron chi connectivity index (χ4n) is 3.82. The van der Waals surface area contributed by atoms with Gasteiger partial charge in [-0.05, 0) is 44.0 Å². The third kappa shape index (κ3) is 6.74. The van der Waals surface area contributed by atoms with Crippen molar-refractivity contribution >= 4 is 29.9 Å². The van der Waals surface area contributed by atoms with Gasteiger partial charge in [0.2, 0.25) is 0 Å². The monoisotopic (exact) mass is 539 g/mol. The van der Waals surface area contributed by atoms with E-state index in [1.165, 1.54) is 5.56 Å². The first-order chi connectivity index (χ1) is 14.7. The van der Waals surface area contributed by atoms with Gasteiger partial charge in [-0.25, -0.2) is 0 Å². The Morgan fingerprint density at radius 1 is 1.16 bits per heavy atom. The van der Waals surface area contributed by atoms with Gasteiger partial charge < -0.3 is 24.8 Å². The van der Waals surface area contributed by atoms with E-state index >= 15 is 0 Å². The highest BCUT2D eigenvalue weighted by Crippen LogP contribution is 2.34. The largest absolute Gasteiger partial charge is 0.497 e. The number of guanidine groups is 1. The lowest BCUT2D eigenvalue weighted by Gasteiger charge is -2.22. The van der Waals surface area contributed by atoms with Gasteiger partial charge >= 0.3 is 0 Å². The number of benzene rings is 2. The molecule has 7 heteroatoms. The minimum atomic E-state index is -0.00222. The van der Waals surface area contributed by atoms with Gasteiger partial charge in [0.25, 0.3) is 0 Å². The average Bonchev–Trinajstić information content (AvgIpc) is 3.26. The lowest BCUT2D eigenvalue weighted by Crippen LogP contribution is -2.39. The molecule has 0 saturated carbocycles. The molecule has 3 unspecified atom stereocenters. The summed E-state index contributed by atoms with van der Waals surface area (Å²) in [6.45, 7) is 6.43. The number of hydrogen-bond acceptors (Lipinski definition) is 4. The van der Waals surface area contributed by atoms with Gasteiger partial charge in [0.15, 0.2) is 5.96 Å². The maximum absolute atomic E-state index is 6.01. The molecule has 1 fully saturated rings. The maximum atomic E-state index is 6.01. The van der Waals surface area contributed by atoms with E-state index in [2.05, 4.69) is 48.7 Å². The lowest BCUT2D eigenvalue weighted by atomic mass is 9.95. The zero-order valence-electron chi connectivity index (χ0n) is 18.8. The molecule has 1 saturated heterocycles. The predicted octanol–water partition coefficient (Wildman–Crippen LogP) is 4.72. The quantitative estimate of drug-likeness (QED) is 0.289. The molecule has 2 aromatic rings. The van der Waals surface area contributed by atoms with Crippen LogP contribution in [0.15, 0.2) is 53.5 Å². The van der Waals surface area contributed by atoms with Crippen LogP contribution in [0.4, 0.5) is 0 Å². The smallest absolute Gasteiger partial charge is 0.191 e. The first-order valence-electron chi connectivity index (χ1n) is 10.6. The Labute approximate surface area is 202 Å². The third-order valence-electron chi connectivity index (χ3n) is 5.43. The summed E-state index contributed by atoms with van der Waals surface area (Å²) in [6, 6.07) is 16.2. The zero-order valence-corrected chi connectivity index (χ0v) is 21.1. The van der Waals surface area contributed by atoms with Crippen LogP contribution < -0.4 is 20.1 Å². The molecule has 6 nitrogen and oxygen atoms in total. The van der Waals surface area contributed by atoms with Crippen LogP contribution in [0.2, 0.25) is 0 Å². The number of ether oxygens (including phenoxy) is 3. The van der Waals surface area contributed by atoms with E-state index in [9.17, 15) is 0 Å². The second kappa shape index (κ2) is 12.8. The Morgan fingerprint density at radius 2 is 1.94 bits per heavy atom. The molecule has 3 atom stereocenters. The van der Waals surface area contributed by atoms with Gasteiger partial charge in [0.1, 0.15) is 11.5 Å². The van der Waals surface area contributed by atoms with Crippen molar-refractivity contribution in [1.29, 1.82) is 0 Å². The Kier molecular flexibility index (Phi) is 10.4. The number of nitrogens with zero attached hydrogens (tertiary/aromatic N) is 1. The minimum absolute atomic E-state index is 0. The molecule has 0 spiro atoms. The number of aliphatic imine (C=N–C) groups is 1. The second-order valence-corrected chi connectivity index (χ2v) is 7.44. The van der Waals surface area contributed by atoms with E-state index in [4.69, 9.17) is 19.2 Å². The number of rotatable bonds is 8. The van der Waals surface area contributed by atoms with Crippen molar-refractivity contribution in [2.24, 2.45) is 10.9 Å². The zero-order chi connectivity index (χ0) is 21.3. The number of nitrogens with one attached hydrogen (secondary N) is 2. The molecule has 0 aromatic heterocycles. The lowest BCUT2D eigenvalue weighted by molar-refractivity contribution is 0.0925. The molecule has 170 valence electrons. The third-order valence-corrected chi connectivity index (χ3v) is 5.43. The Hall–Kier alpha value is -2.00. The number of halogens is 1. The molecule has 2 N–H and O–H groups in total. The van der Waals surface area contributed by atoms with E-state index in [1.807, 2.05) is 24.3 Å². The van der Waals surface area contributed by atoms with Gasteiger partial charge in [-0.2, -0.15) is 0 Å². The van der Waals surface area contributed by atoms with Crippen LogP contribution in [-0.2, 0) is 4.74 Å². The molecular weight excluding hydrogens is 505 g/mol. The summed E-state index contributed by atoms with van der Waals surface area (Å²) in [4.78, 5) is 4.88.